The number of para-hydroxylation sites is 1. The fourth-order valence-corrected chi connectivity index (χ4v) is 4.25. The number of ether oxygens (including phenoxy) is 1. The van der Waals surface area contributed by atoms with E-state index in [0.29, 0.717) is 0 Å². The molecule has 0 fully saturated rings. The van der Waals surface area contributed by atoms with Gasteiger partial charge in [0.1, 0.15) is 18.5 Å². The van der Waals surface area contributed by atoms with E-state index in [0.717, 1.165) is 22.9 Å². The van der Waals surface area contributed by atoms with E-state index < -0.39 is 0 Å². The largest absolute Gasteiger partial charge is 0.447 e. The van der Waals surface area contributed by atoms with Crippen LogP contribution in [0.1, 0.15) is 5.56 Å². The summed E-state index contributed by atoms with van der Waals surface area (Å²) in [4.78, 5) is 2.16. The predicted octanol–water partition coefficient (Wildman–Crippen LogP) is 4.96. The number of pyridine rings is 1. The molecule has 4 aromatic rings. The molecule has 0 unspecified atom stereocenters. The van der Waals surface area contributed by atoms with E-state index in [1.807, 2.05) is 0 Å². The van der Waals surface area contributed by atoms with Crippen molar-refractivity contribution in [2.45, 2.75) is 6.92 Å². The third-order valence-corrected chi connectivity index (χ3v) is 5.40. The Morgan fingerprint density at radius 3 is 2.54 bits per heavy atom. The Morgan fingerprint density at radius 2 is 1.73 bits per heavy atom. The number of hydrogen-bond acceptors (Lipinski definition) is 2. The minimum absolute atomic E-state index is 0.936. The van der Waals surface area contributed by atoms with Gasteiger partial charge in [-0.1, -0.05) is 36.4 Å². The van der Waals surface area contributed by atoms with Crippen LogP contribution in [-0.2, 0) is 7.05 Å². The van der Waals surface area contributed by atoms with E-state index in [1.54, 1.807) is 0 Å². The first kappa shape index (κ1) is 15.2. The Bertz CT molecular complexity index is 1210. The Hall–Kier alpha value is -3.07. The van der Waals surface area contributed by atoms with Crippen molar-refractivity contribution >= 4 is 27.4 Å². The fourth-order valence-electron chi connectivity index (χ4n) is 4.25. The Balaban J connectivity index is 2.05. The van der Waals surface area contributed by atoms with Crippen molar-refractivity contribution in [2.75, 3.05) is 19.0 Å². The lowest BCUT2D eigenvalue weighted by Crippen LogP contribution is -2.34. The molecule has 26 heavy (non-hydrogen) atoms. The molecule has 3 nitrogen and oxygen atoms in total. The van der Waals surface area contributed by atoms with Crippen LogP contribution in [-0.4, -0.2) is 14.1 Å². The molecule has 2 heterocycles. The average Bonchev–Trinajstić information content (AvgIpc) is 2.64. The molecule has 5 rings (SSSR count). The zero-order valence-corrected chi connectivity index (χ0v) is 15.5. The average molecular weight is 341 g/mol. The van der Waals surface area contributed by atoms with Crippen LogP contribution in [0.15, 0.2) is 54.6 Å². The third-order valence-electron chi connectivity index (χ3n) is 5.40. The maximum absolute atomic E-state index is 6.52. The van der Waals surface area contributed by atoms with E-state index in [-0.39, 0.29) is 0 Å². The summed E-state index contributed by atoms with van der Waals surface area (Å²) in [6, 6.07) is 19.2. The summed E-state index contributed by atoms with van der Waals surface area (Å²) in [7, 11) is 6.30. The van der Waals surface area contributed by atoms with Crippen molar-refractivity contribution in [1.29, 1.82) is 0 Å². The van der Waals surface area contributed by atoms with Crippen molar-refractivity contribution in [2.24, 2.45) is 7.05 Å². The van der Waals surface area contributed by atoms with Gasteiger partial charge in [0.25, 0.3) is 5.69 Å². The Morgan fingerprint density at radius 1 is 0.923 bits per heavy atom. The number of nitrogens with zero attached hydrogens (tertiary/aromatic N) is 2. The van der Waals surface area contributed by atoms with Gasteiger partial charge in [0.2, 0.25) is 11.3 Å². The highest BCUT2D eigenvalue weighted by Crippen LogP contribution is 2.51. The van der Waals surface area contributed by atoms with E-state index in [4.69, 9.17) is 4.74 Å². The van der Waals surface area contributed by atoms with Gasteiger partial charge in [-0.25, -0.2) is 0 Å². The molecule has 3 heteroatoms. The van der Waals surface area contributed by atoms with E-state index >= 15 is 0 Å². The maximum Gasteiger partial charge on any atom is 0.259 e. The van der Waals surface area contributed by atoms with Crippen LogP contribution in [0.3, 0.4) is 0 Å². The highest BCUT2D eigenvalue weighted by atomic mass is 16.5. The first-order chi connectivity index (χ1) is 12.6. The van der Waals surface area contributed by atoms with Crippen molar-refractivity contribution in [3.63, 3.8) is 0 Å². The van der Waals surface area contributed by atoms with Crippen LogP contribution in [0.4, 0.5) is 5.69 Å². The van der Waals surface area contributed by atoms with Gasteiger partial charge in [-0.15, -0.1) is 0 Å². The van der Waals surface area contributed by atoms with Crippen LogP contribution in [0.5, 0.6) is 11.5 Å². The van der Waals surface area contributed by atoms with E-state index in [9.17, 15) is 0 Å². The summed E-state index contributed by atoms with van der Waals surface area (Å²) in [6.07, 6.45) is 0. The van der Waals surface area contributed by atoms with Gasteiger partial charge in [0.05, 0.1) is 10.9 Å². The zero-order chi connectivity index (χ0) is 18.0. The minimum atomic E-state index is 0.936. The quantitative estimate of drug-likeness (QED) is 0.401. The first-order valence-corrected chi connectivity index (χ1v) is 8.90. The number of rotatable bonds is 1. The van der Waals surface area contributed by atoms with Gasteiger partial charge < -0.3 is 9.64 Å². The standard InChI is InChI=1S/C23H21N2O/c1-14-12-13-15-8-7-11-18-20(15)19(14)22-23(26-18)21(24(2)3)16-9-5-6-10-17(16)25(22)4/h5-13H,1-4H3/q+1. The van der Waals surface area contributed by atoms with E-state index in [1.165, 1.54) is 32.8 Å². The molecule has 0 radical (unpaired) electrons. The molecule has 0 saturated carbocycles. The fraction of sp³-hybridized carbons (Fsp3) is 0.174. The van der Waals surface area contributed by atoms with Gasteiger partial charge in [0.15, 0.2) is 0 Å². The molecule has 0 bridgehead atoms. The third kappa shape index (κ3) is 1.86. The molecule has 1 aromatic heterocycles. The van der Waals surface area contributed by atoms with Gasteiger partial charge in [-0.05, 0) is 30.0 Å². The van der Waals surface area contributed by atoms with Crippen LogP contribution >= 0.6 is 0 Å². The highest BCUT2D eigenvalue weighted by Gasteiger charge is 2.34. The number of anilines is 1. The van der Waals surface area contributed by atoms with Crippen molar-refractivity contribution in [3.05, 3.63) is 60.2 Å². The molecular weight excluding hydrogens is 320 g/mol. The summed E-state index contributed by atoms with van der Waals surface area (Å²) >= 11 is 0. The minimum Gasteiger partial charge on any atom is -0.447 e. The lowest BCUT2D eigenvalue weighted by molar-refractivity contribution is -0.633. The van der Waals surface area contributed by atoms with Gasteiger partial charge in [-0.3, -0.25) is 0 Å². The first-order valence-electron chi connectivity index (χ1n) is 8.90. The summed E-state index contributed by atoms with van der Waals surface area (Å²) < 4.78 is 8.80. The van der Waals surface area contributed by atoms with E-state index in [2.05, 4.69) is 92.1 Å². The zero-order valence-electron chi connectivity index (χ0n) is 15.5. The summed E-state index contributed by atoms with van der Waals surface area (Å²) in [5, 5.41) is 3.62. The summed E-state index contributed by atoms with van der Waals surface area (Å²) in [5.41, 5.74) is 6.02. The van der Waals surface area contributed by atoms with Crippen LogP contribution in [0.2, 0.25) is 0 Å². The summed E-state index contributed by atoms with van der Waals surface area (Å²) in [6.45, 7) is 2.19. The van der Waals surface area contributed by atoms with Gasteiger partial charge in [0, 0.05) is 25.5 Å². The lowest BCUT2D eigenvalue weighted by atomic mass is 9.92. The molecule has 3 aromatic carbocycles. The molecule has 1 aliphatic heterocycles. The number of hydrogen-bond donors (Lipinski definition) is 0. The van der Waals surface area contributed by atoms with Crippen molar-refractivity contribution in [3.8, 4) is 22.8 Å². The Kier molecular flexibility index (Phi) is 3.05. The number of fused-ring (bicyclic) bond motifs is 3. The molecule has 0 spiro atoms. The van der Waals surface area contributed by atoms with Gasteiger partial charge >= 0.3 is 0 Å². The van der Waals surface area contributed by atoms with Crippen LogP contribution in [0, 0.1) is 6.92 Å². The predicted molar refractivity (Wildman–Crippen MR) is 107 cm³/mol. The molecule has 0 amide bonds. The molecule has 1 aliphatic rings. The lowest BCUT2D eigenvalue weighted by Gasteiger charge is -2.26. The summed E-state index contributed by atoms with van der Waals surface area (Å²) in [5.74, 6) is 1.87. The monoisotopic (exact) mass is 341 g/mol. The topological polar surface area (TPSA) is 16.4 Å². The molecule has 0 aliphatic carbocycles. The molecule has 0 atom stereocenters. The molecular formula is C23H21N2O+. The van der Waals surface area contributed by atoms with Gasteiger partial charge in [-0.2, -0.15) is 4.57 Å². The number of aromatic nitrogens is 1. The molecule has 0 saturated heterocycles. The smallest absolute Gasteiger partial charge is 0.259 e. The molecule has 0 N–H and O–H groups in total. The van der Waals surface area contributed by atoms with Crippen LogP contribution < -0.4 is 14.2 Å². The van der Waals surface area contributed by atoms with Crippen molar-refractivity contribution < 1.29 is 9.30 Å². The second kappa shape index (κ2) is 5.21. The van der Waals surface area contributed by atoms with Crippen LogP contribution in [0.25, 0.3) is 32.9 Å². The number of aryl methyl sites for hydroxylation is 2. The Labute approximate surface area is 153 Å². The highest BCUT2D eigenvalue weighted by molar-refractivity contribution is 6.07. The normalized spacial score (nSPS) is 12.2. The molecule has 128 valence electrons. The maximum atomic E-state index is 6.52. The second-order valence-electron chi connectivity index (χ2n) is 7.21. The SMILES string of the molecule is Cc1ccc2cccc3c2c1-c1c(c(N(C)C)c2ccccc2[n+]1C)O3. The van der Waals surface area contributed by atoms with Crippen molar-refractivity contribution in [1.82, 2.24) is 0 Å². The second-order valence-corrected chi connectivity index (χ2v) is 7.21. The number of benzene rings is 3.